The van der Waals surface area contributed by atoms with Gasteiger partial charge in [0.25, 0.3) is 0 Å². The molecule has 2 amide bonds. The third kappa shape index (κ3) is 2.72. The molecule has 0 radical (unpaired) electrons. The summed E-state index contributed by atoms with van der Waals surface area (Å²) in [5.41, 5.74) is 4.96. The van der Waals surface area contributed by atoms with Crippen molar-refractivity contribution in [3.63, 3.8) is 0 Å². The molecule has 0 saturated heterocycles. The predicted octanol–water partition coefficient (Wildman–Crippen LogP) is 1.55. The van der Waals surface area contributed by atoms with Crippen molar-refractivity contribution in [2.45, 2.75) is 37.5 Å². The SMILES string of the molecule is NC(=O)C(=O)NCC1(c2cccs2)CCCCC1. The van der Waals surface area contributed by atoms with Crippen LogP contribution in [0.2, 0.25) is 0 Å². The monoisotopic (exact) mass is 266 g/mol. The summed E-state index contributed by atoms with van der Waals surface area (Å²) >= 11 is 1.72. The Morgan fingerprint density at radius 3 is 2.61 bits per heavy atom. The maximum Gasteiger partial charge on any atom is 0.309 e. The van der Waals surface area contributed by atoms with Crippen molar-refractivity contribution in [2.24, 2.45) is 5.73 Å². The highest BCUT2D eigenvalue weighted by Gasteiger charge is 2.35. The van der Waals surface area contributed by atoms with Gasteiger partial charge in [0.05, 0.1) is 0 Å². The zero-order valence-corrected chi connectivity index (χ0v) is 11.1. The minimum Gasteiger partial charge on any atom is -0.361 e. The lowest BCUT2D eigenvalue weighted by Gasteiger charge is -2.36. The van der Waals surface area contributed by atoms with E-state index in [1.807, 2.05) is 6.07 Å². The molecule has 18 heavy (non-hydrogen) atoms. The Balaban J connectivity index is 2.11. The molecule has 0 aliphatic heterocycles. The highest BCUT2D eigenvalue weighted by molar-refractivity contribution is 7.10. The molecule has 0 unspecified atom stereocenters. The molecule has 3 N–H and O–H groups in total. The fourth-order valence-corrected chi connectivity index (χ4v) is 3.64. The second kappa shape index (κ2) is 5.52. The van der Waals surface area contributed by atoms with Crippen molar-refractivity contribution in [3.8, 4) is 0 Å². The van der Waals surface area contributed by atoms with Crippen molar-refractivity contribution in [2.75, 3.05) is 6.54 Å². The van der Waals surface area contributed by atoms with Gasteiger partial charge < -0.3 is 11.1 Å². The minimum absolute atomic E-state index is 0.00245. The number of thiophene rings is 1. The Kier molecular flexibility index (Phi) is 4.01. The second-order valence-corrected chi connectivity index (χ2v) is 5.81. The predicted molar refractivity (Wildman–Crippen MR) is 71.3 cm³/mol. The molecular formula is C13H18N2O2S. The summed E-state index contributed by atoms with van der Waals surface area (Å²) in [6.45, 7) is 0.509. The quantitative estimate of drug-likeness (QED) is 0.815. The number of hydrogen-bond donors (Lipinski definition) is 2. The van der Waals surface area contributed by atoms with E-state index < -0.39 is 11.8 Å². The van der Waals surface area contributed by atoms with Gasteiger partial charge in [-0.3, -0.25) is 9.59 Å². The van der Waals surface area contributed by atoms with Crippen LogP contribution in [0.25, 0.3) is 0 Å². The molecule has 2 rings (SSSR count). The lowest BCUT2D eigenvalue weighted by atomic mass is 9.73. The average Bonchev–Trinajstić information content (AvgIpc) is 2.91. The van der Waals surface area contributed by atoms with Crippen LogP contribution in [0.3, 0.4) is 0 Å². The largest absolute Gasteiger partial charge is 0.361 e. The fraction of sp³-hybridized carbons (Fsp3) is 0.538. The number of carbonyl (C=O) groups excluding carboxylic acids is 2. The number of amides is 2. The first-order chi connectivity index (χ1) is 8.64. The summed E-state index contributed by atoms with van der Waals surface area (Å²) in [7, 11) is 0. The molecule has 0 atom stereocenters. The highest BCUT2D eigenvalue weighted by Crippen LogP contribution is 2.40. The Morgan fingerprint density at radius 1 is 1.33 bits per heavy atom. The third-order valence-corrected chi connectivity index (χ3v) is 4.78. The van der Waals surface area contributed by atoms with Gasteiger partial charge in [-0.15, -0.1) is 11.3 Å². The molecule has 5 heteroatoms. The molecule has 0 bridgehead atoms. The van der Waals surface area contributed by atoms with Crippen LogP contribution in [0.1, 0.15) is 37.0 Å². The van der Waals surface area contributed by atoms with E-state index in [1.54, 1.807) is 11.3 Å². The molecule has 1 heterocycles. The van der Waals surface area contributed by atoms with E-state index in [1.165, 1.54) is 24.1 Å². The molecule has 0 aromatic carbocycles. The van der Waals surface area contributed by atoms with E-state index in [2.05, 4.69) is 16.8 Å². The second-order valence-electron chi connectivity index (χ2n) is 4.87. The van der Waals surface area contributed by atoms with Gasteiger partial charge >= 0.3 is 11.8 Å². The van der Waals surface area contributed by atoms with Crippen LogP contribution in [0.5, 0.6) is 0 Å². The topological polar surface area (TPSA) is 72.2 Å². The van der Waals surface area contributed by atoms with E-state index in [0.717, 1.165) is 12.8 Å². The van der Waals surface area contributed by atoms with Crippen molar-refractivity contribution in [1.29, 1.82) is 0 Å². The van der Waals surface area contributed by atoms with Crippen LogP contribution in [0.4, 0.5) is 0 Å². The summed E-state index contributed by atoms with van der Waals surface area (Å²) in [5.74, 6) is -1.59. The van der Waals surface area contributed by atoms with E-state index in [4.69, 9.17) is 5.73 Å². The molecule has 1 saturated carbocycles. The average molecular weight is 266 g/mol. The van der Waals surface area contributed by atoms with Gasteiger partial charge in [0.15, 0.2) is 0 Å². The van der Waals surface area contributed by atoms with Gasteiger partial charge in [-0.1, -0.05) is 25.3 Å². The Labute approximate surface area is 111 Å². The van der Waals surface area contributed by atoms with Gasteiger partial charge in [0.1, 0.15) is 0 Å². The van der Waals surface area contributed by atoms with E-state index in [9.17, 15) is 9.59 Å². The van der Waals surface area contributed by atoms with E-state index in [-0.39, 0.29) is 5.41 Å². The first-order valence-electron chi connectivity index (χ1n) is 6.26. The highest BCUT2D eigenvalue weighted by atomic mass is 32.1. The number of primary amides is 1. The van der Waals surface area contributed by atoms with Crippen LogP contribution in [0, 0.1) is 0 Å². The van der Waals surface area contributed by atoms with E-state index >= 15 is 0 Å². The molecular weight excluding hydrogens is 248 g/mol. The zero-order chi connectivity index (χ0) is 13.0. The van der Waals surface area contributed by atoms with Crippen molar-refractivity contribution in [3.05, 3.63) is 22.4 Å². The van der Waals surface area contributed by atoms with Gasteiger partial charge in [-0.2, -0.15) is 0 Å². The van der Waals surface area contributed by atoms with Crippen molar-refractivity contribution in [1.82, 2.24) is 5.32 Å². The number of hydrogen-bond acceptors (Lipinski definition) is 3. The normalized spacial score (nSPS) is 18.2. The molecule has 1 fully saturated rings. The number of nitrogens with two attached hydrogens (primary N) is 1. The first kappa shape index (κ1) is 13.1. The Morgan fingerprint density at radius 2 is 2.06 bits per heavy atom. The van der Waals surface area contributed by atoms with Crippen LogP contribution < -0.4 is 11.1 Å². The number of carbonyl (C=O) groups is 2. The number of nitrogens with one attached hydrogen (secondary N) is 1. The minimum atomic E-state index is -0.910. The molecule has 1 aliphatic carbocycles. The van der Waals surface area contributed by atoms with Gasteiger partial charge in [-0.05, 0) is 24.3 Å². The summed E-state index contributed by atoms with van der Waals surface area (Å²) in [6, 6.07) is 4.15. The summed E-state index contributed by atoms with van der Waals surface area (Å²) in [6.07, 6.45) is 5.71. The van der Waals surface area contributed by atoms with Crippen LogP contribution in [0.15, 0.2) is 17.5 Å². The van der Waals surface area contributed by atoms with E-state index in [0.29, 0.717) is 6.54 Å². The molecule has 1 aromatic rings. The van der Waals surface area contributed by atoms with Crippen molar-refractivity contribution < 1.29 is 9.59 Å². The lowest BCUT2D eigenvalue weighted by molar-refractivity contribution is -0.137. The zero-order valence-electron chi connectivity index (χ0n) is 10.3. The van der Waals surface area contributed by atoms with Gasteiger partial charge in [0.2, 0.25) is 0 Å². The maximum absolute atomic E-state index is 11.3. The van der Waals surface area contributed by atoms with Gasteiger partial charge in [-0.25, -0.2) is 0 Å². The molecule has 4 nitrogen and oxygen atoms in total. The lowest BCUT2D eigenvalue weighted by Crippen LogP contribution is -2.45. The maximum atomic E-state index is 11.3. The van der Waals surface area contributed by atoms with Crippen LogP contribution in [-0.2, 0) is 15.0 Å². The summed E-state index contributed by atoms with van der Waals surface area (Å²) in [5, 5.41) is 4.73. The van der Waals surface area contributed by atoms with Crippen LogP contribution in [-0.4, -0.2) is 18.4 Å². The molecule has 98 valence electrons. The molecule has 1 aliphatic rings. The van der Waals surface area contributed by atoms with Crippen molar-refractivity contribution >= 4 is 23.2 Å². The number of rotatable bonds is 3. The fourth-order valence-electron chi connectivity index (χ4n) is 2.66. The molecule has 1 aromatic heterocycles. The third-order valence-electron chi connectivity index (χ3n) is 3.67. The standard InChI is InChI=1S/C13H18N2O2S/c14-11(16)12(17)15-9-13(6-2-1-3-7-13)10-5-4-8-18-10/h4-5,8H,1-3,6-7,9H2,(H2,14,16)(H,15,17). The first-order valence-corrected chi connectivity index (χ1v) is 7.14. The Hall–Kier alpha value is -1.36. The van der Waals surface area contributed by atoms with Crippen LogP contribution >= 0.6 is 11.3 Å². The summed E-state index contributed by atoms with van der Waals surface area (Å²) in [4.78, 5) is 23.4. The van der Waals surface area contributed by atoms with Gasteiger partial charge in [0, 0.05) is 16.8 Å². The summed E-state index contributed by atoms with van der Waals surface area (Å²) < 4.78 is 0. The Bertz CT molecular complexity index is 422. The molecule has 0 spiro atoms. The smallest absolute Gasteiger partial charge is 0.309 e.